The Bertz CT molecular complexity index is 1240. The molecular formula is C22H21ClN6O2S. The van der Waals surface area contributed by atoms with Gasteiger partial charge in [-0.15, -0.1) is 0 Å². The maximum absolute atomic E-state index is 13.5. The molecule has 1 aromatic heterocycles. The normalized spacial score (nSPS) is 18.8. The van der Waals surface area contributed by atoms with Gasteiger partial charge in [0.05, 0.1) is 29.9 Å². The number of amides is 1. The molecule has 10 heteroatoms. The van der Waals surface area contributed by atoms with Crippen molar-refractivity contribution < 1.29 is 9.90 Å². The van der Waals surface area contributed by atoms with Gasteiger partial charge in [-0.05, 0) is 69.4 Å². The van der Waals surface area contributed by atoms with Crippen LogP contribution in [0.3, 0.4) is 0 Å². The maximum atomic E-state index is 13.5. The lowest BCUT2D eigenvalue weighted by Crippen LogP contribution is -2.55. The third kappa shape index (κ3) is 3.32. The van der Waals surface area contributed by atoms with Crippen LogP contribution >= 0.6 is 23.8 Å². The number of aromatic nitrogens is 2. The summed E-state index contributed by atoms with van der Waals surface area (Å²) in [6.45, 7) is 5.47. The molecule has 2 aromatic rings. The lowest BCUT2D eigenvalue weighted by molar-refractivity contribution is -0.131. The van der Waals surface area contributed by atoms with E-state index >= 15 is 0 Å². The Labute approximate surface area is 195 Å². The number of nitrogens with zero attached hydrogens (tertiary/aromatic N) is 6. The second-order valence-corrected chi connectivity index (χ2v) is 8.50. The predicted octanol–water partition coefficient (Wildman–Crippen LogP) is 3.46. The number of hydrogen-bond acceptors (Lipinski definition) is 6. The van der Waals surface area contributed by atoms with E-state index in [-0.39, 0.29) is 23.2 Å². The highest BCUT2D eigenvalue weighted by Gasteiger charge is 2.59. The van der Waals surface area contributed by atoms with Crippen LogP contribution in [-0.4, -0.2) is 49.7 Å². The van der Waals surface area contributed by atoms with Crippen LogP contribution in [0.2, 0.25) is 0 Å². The number of nitriles is 1. The summed E-state index contributed by atoms with van der Waals surface area (Å²) >= 11 is 12.0. The van der Waals surface area contributed by atoms with E-state index in [1.807, 2.05) is 29.2 Å². The monoisotopic (exact) mass is 468 g/mol. The van der Waals surface area contributed by atoms with Gasteiger partial charge in [-0.3, -0.25) is 19.4 Å². The van der Waals surface area contributed by atoms with E-state index in [9.17, 15) is 9.90 Å². The summed E-state index contributed by atoms with van der Waals surface area (Å²) in [7, 11) is 0. The molecule has 1 amide bonds. The van der Waals surface area contributed by atoms with Crippen LogP contribution < -0.4 is 4.90 Å². The summed E-state index contributed by atoms with van der Waals surface area (Å²) in [5, 5.41) is 24.0. The van der Waals surface area contributed by atoms with Gasteiger partial charge in [-0.25, -0.2) is 0 Å². The molecule has 2 heterocycles. The van der Waals surface area contributed by atoms with Crippen LogP contribution in [0.25, 0.3) is 10.9 Å². The number of allylic oxidation sites excluding steroid dienone is 4. The average Bonchev–Trinajstić information content (AvgIpc) is 3.24. The zero-order valence-electron chi connectivity index (χ0n) is 17.5. The number of benzene rings is 1. The van der Waals surface area contributed by atoms with Crippen molar-refractivity contribution in [2.24, 2.45) is 4.99 Å². The van der Waals surface area contributed by atoms with Crippen molar-refractivity contribution in [3.05, 3.63) is 46.9 Å². The Morgan fingerprint density at radius 3 is 2.84 bits per heavy atom. The van der Waals surface area contributed by atoms with Gasteiger partial charge in [-0.1, -0.05) is 11.6 Å². The number of fused-ring (bicyclic) bond motifs is 1. The number of anilines is 1. The first-order chi connectivity index (χ1) is 15.4. The SMILES string of the molecule is C=N/C(C#N)=C(Cl)\C=C(/C)N1C(=O)C2(CCC2)N(c2ccc3c(cnn3CCO)c2)C1=S. The molecule has 164 valence electrons. The van der Waals surface area contributed by atoms with Gasteiger partial charge in [0.15, 0.2) is 10.8 Å². The summed E-state index contributed by atoms with van der Waals surface area (Å²) in [6, 6.07) is 7.68. The minimum atomic E-state index is -0.730. The topological polar surface area (TPSA) is 97.8 Å². The third-order valence-electron chi connectivity index (χ3n) is 5.97. The molecule has 4 rings (SSSR count). The Kier molecular flexibility index (Phi) is 5.86. The number of thiocarbonyl (C=S) groups is 1. The molecule has 1 N–H and O–H groups in total. The van der Waals surface area contributed by atoms with Crippen molar-refractivity contribution in [3.8, 4) is 6.07 Å². The molecule has 8 nitrogen and oxygen atoms in total. The number of aliphatic hydroxyl groups is 1. The van der Waals surface area contributed by atoms with Crippen LogP contribution in [0.1, 0.15) is 26.2 Å². The second kappa shape index (κ2) is 8.47. The Morgan fingerprint density at radius 1 is 1.50 bits per heavy atom. The van der Waals surface area contributed by atoms with Crippen molar-refractivity contribution in [3.63, 3.8) is 0 Å². The number of halogens is 1. The van der Waals surface area contributed by atoms with Crippen LogP contribution in [0.5, 0.6) is 0 Å². The fourth-order valence-corrected chi connectivity index (χ4v) is 5.03. The minimum Gasteiger partial charge on any atom is -0.394 e. The first-order valence-electron chi connectivity index (χ1n) is 10.1. The molecule has 0 atom stereocenters. The number of carbonyl (C=O) groups excluding carboxylic acids is 1. The maximum Gasteiger partial charge on any atom is 0.259 e. The largest absolute Gasteiger partial charge is 0.394 e. The fourth-order valence-electron chi connectivity index (χ4n) is 4.26. The average molecular weight is 469 g/mol. The van der Waals surface area contributed by atoms with Gasteiger partial charge in [0, 0.05) is 16.8 Å². The second-order valence-electron chi connectivity index (χ2n) is 7.73. The fraction of sp³-hybridized carbons (Fsp3) is 0.318. The van der Waals surface area contributed by atoms with Gasteiger partial charge < -0.3 is 10.0 Å². The Morgan fingerprint density at radius 2 is 2.25 bits per heavy atom. The van der Waals surface area contributed by atoms with Gasteiger partial charge in [0.25, 0.3) is 5.91 Å². The summed E-state index contributed by atoms with van der Waals surface area (Å²) in [5.41, 5.74) is 1.46. The van der Waals surface area contributed by atoms with Crippen molar-refractivity contribution in [2.75, 3.05) is 11.5 Å². The molecule has 1 aromatic carbocycles. The van der Waals surface area contributed by atoms with Gasteiger partial charge in [-0.2, -0.15) is 10.4 Å². The van der Waals surface area contributed by atoms with E-state index < -0.39 is 5.54 Å². The van der Waals surface area contributed by atoms with Gasteiger partial charge >= 0.3 is 0 Å². The number of aliphatic hydroxyl groups excluding tert-OH is 1. The molecule has 2 aliphatic rings. The highest BCUT2D eigenvalue weighted by atomic mass is 35.5. The number of hydrogen-bond donors (Lipinski definition) is 1. The first kappa shape index (κ1) is 22.1. The third-order valence-corrected chi connectivity index (χ3v) is 6.62. The van der Waals surface area contributed by atoms with E-state index in [1.54, 1.807) is 17.8 Å². The van der Waals surface area contributed by atoms with E-state index in [4.69, 9.17) is 29.1 Å². The van der Waals surface area contributed by atoms with Crippen LogP contribution in [0.15, 0.2) is 51.9 Å². The highest BCUT2D eigenvalue weighted by molar-refractivity contribution is 7.80. The van der Waals surface area contributed by atoms with Gasteiger partial charge in [0.1, 0.15) is 11.6 Å². The zero-order chi connectivity index (χ0) is 23.0. The summed E-state index contributed by atoms with van der Waals surface area (Å²) < 4.78 is 1.74. The molecular weight excluding hydrogens is 448 g/mol. The lowest BCUT2D eigenvalue weighted by Gasteiger charge is -2.43. The Balaban J connectivity index is 1.75. The molecule has 0 bridgehead atoms. The van der Waals surface area contributed by atoms with Crippen molar-refractivity contribution in [1.29, 1.82) is 5.26 Å². The summed E-state index contributed by atoms with van der Waals surface area (Å²) in [4.78, 5) is 20.5. The van der Waals surface area contributed by atoms with Crippen molar-refractivity contribution >= 4 is 58.1 Å². The number of aliphatic imine (C=N–C) groups is 1. The molecule has 0 radical (unpaired) electrons. The van der Waals surface area contributed by atoms with Crippen LogP contribution in [-0.2, 0) is 11.3 Å². The van der Waals surface area contributed by atoms with E-state index in [0.717, 1.165) is 23.0 Å². The van der Waals surface area contributed by atoms with Crippen LogP contribution in [0.4, 0.5) is 5.69 Å². The van der Waals surface area contributed by atoms with E-state index in [1.165, 1.54) is 11.0 Å². The molecule has 1 saturated heterocycles. The van der Waals surface area contributed by atoms with E-state index in [2.05, 4.69) is 16.8 Å². The smallest absolute Gasteiger partial charge is 0.259 e. The molecule has 1 saturated carbocycles. The Hall–Kier alpha value is -3.06. The van der Waals surface area contributed by atoms with Crippen molar-refractivity contribution in [1.82, 2.24) is 14.7 Å². The predicted molar refractivity (Wildman–Crippen MR) is 127 cm³/mol. The number of carbonyl (C=O) groups is 1. The minimum absolute atomic E-state index is 0.00117. The molecule has 0 unspecified atom stereocenters. The number of rotatable bonds is 6. The van der Waals surface area contributed by atoms with Crippen molar-refractivity contribution in [2.45, 2.75) is 38.3 Å². The van der Waals surface area contributed by atoms with Crippen LogP contribution in [0, 0.1) is 11.3 Å². The molecule has 1 spiro atoms. The lowest BCUT2D eigenvalue weighted by atomic mass is 9.75. The quantitative estimate of drug-likeness (QED) is 0.302. The molecule has 2 fully saturated rings. The standard InChI is InChI=1S/C22H21ClN6O2S/c1-14(10-17(23)18(12-24)25-2)28-20(31)22(6-3-7-22)29(21(28)32)16-4-5-19-15(11-16)13-26-27(19)8-9-30/h4-5,10-11,13,30H,2-3,6-9H2,1H3/b14-10+,18-17+. The first-order valence-corrected chi connectivity index (χ1v) is 10.9. The molecule has 1 aliphatic heterocycles. The molecule has 1 aliphatic carbocycles. The zero-order valence-corrected chi connectivity index (χ0v) is 19.0. The highest BCUT2D eigenvalue weighted by Crippen LogP contribution is 2.48. The summed E-state index contributed by atoms with van der Waals surface area (Å²) in [5.74, 6) is -0.104. The molecule has 32 heavy (non-hydrogen) atoms. The van der Waals surface area contributed by atoms with Gasteiger partial charge in [0.2, 0.25) is 0 Å². The summed E-state index contributed by atoms with van der Waals surface area (Å²) in [6.07, 6.45) is 5.56. The van der Waals surface area contributed by atoms with E-state index in [0.29, 0.717) is 30.2 Å².